The topological polar surface area (TPSA) is 0 Å². The van der Waals surface area contributed by atoms with E-state index in [2.05, 4.69) is 26.7 Å². The molecule has 0 heteroatoms. The zero-order chi connectivity index (χ0) is 8.04. The Hall–Kier alpha value is -0.440. The van der Waals surface area contributed by atoms with Crippen molar-refractivity contribution in [1.82, 2.24) is 0 Å². The second-order valence-corrected chi connectivity index (χ2v) is 3.62. The Morgan fingerprint density at radius 2 is 1.90 bits per heavy atom. The molecule has 0 heterocycles. The lowest BCUT2D eigenvalue weighted by Crippen LogP contribution is -2.09. The maximum Gasteiger partial charge on any atom is 0.00911 e. The molecule has 0 rings (SSSR count). The molecule has 0 atom stereocenters. The molecule has 0 N–H and O–H groups in total. The number of hydrogen-bond donors (Lipinski definition) is 0. The molecule has 0 aromatic carbocycles. The van der Waals surface area contributed by atoms with Crippen LogP contribution >= 0.6 is 0 Å². The zero-order valence-electron chi connectivity index (χ0n) is 7.41. The van der Waals surface area contributed by atoms with Gasteiger partial charge in [0.25, 0.3) is 0 Å². The molecule has 0 saturated carbocycles. The first kappa shape index (κ1) is 9.56. The van der Waals surface area contributed by atoms with Gasteiger partial charge in [0, 0.05) is 6.42 Å². The number of rotatable bonds is 4. The maximum absolute atomic E-state index is 5.18. The quantitative estimate of drug-likeness (QED) is 0.523. The van der Waals surface area contributed by atoms with E-state index < -0.39 is 0 Å². The third-order valence-electron chi connectivity index (χ3n) is 1.87. The summed E-state index contributed by atoms with van der Waals surface area (Å²) in [7, 11) is 0. The Kier molecular flexibility index (Phi) is 4.19. The fourth-order valence-electron chi connectivity index (χ4n) is 1.21. The fourth-order valence-corrected chi connectivity index (χ4v) is 1.21. The number of hydrogen-bond acceptors (Lipinski definition) is 0. The van der Waals surface area contributed by atoms with Crippen LogP contribution in [0, 0.1) is 17.8 Å². The second-order valence-electron chi connectivity index (χ2n) is 3.62. The van der Waals surface area contributed by atoms with Crippen molar-refractivity contribution in [3.63, 3.8) is 0 Å². The van der Waals surface area contributed by atoms with Crippen molar-refractivity contribution < 1.29 is 0 Å². The van der Waals surface area contributed by atoms with E-state index in [1.807, 2.05) is 0 Å². The van der Waals surface area contributed by atoms with Gasteiger partial charge in [0.1, 0.15) is 0 Å². The van der Waals surface area contributed by atoms with Gasteiger partial charge in [-0.25, -0.2) is 0 Å². The lowest BCUT2D eigenvalue weighted by molar-refractivity contribution is 0.309. The van der Waals surface area contributed by atoms with Crippen molar-refractivity contribution in [3.8, 4) is 12.3 Å². The predicted octanol–water partition coefficient (Wildman–Crippen LogP) is 3.23. The van der Waals surface area contributed by atoms with E-state index in [0.717, 1.165) is 12.8 Å². The average molecular weight is 138 g/mol. The molecular weight excluding hydrogens is 120 g/mol. The minimum Gasteiger partial charge on any atom is -0.120 e. The molecule has 0 aromatic heterocycles. The van der Waals surface area contributed by atoms with Gasteiger partial charge in [0.2, 0.25) is 0 Å². The average Bonchev–Trinajstić information content (AvgIpc) is 1.84. The second kappa shape index (κ2) is 4.39. The Labute approximate surface area is 65.0 Å². The van der Waals surface area contributed by atoms with Gasteiger partial charge in [0.05, 0.1) is 0 Å². The molecule has 0 aliphatic carbocycles. The molecule has 10 heavy (non-hydrogen) atoms. The summed E-state index contributed by atoms with van der Waals surface area (Å²) in [5.41, 5.74) is 0.459. The summed E-state index contributed by atoms with van der Waals surface area (Å²) in [4.78, 5) is 0. The van der Waals surface area contributed by atoms with Crippen LogP contribution in [-0.2, 0) is 0 Å². The Morgan fingerprint density at radius 1 is 1.30 bits per heavy atom. The summed E-state index contributed by atoms with van der Waals surface area (Å²) in [5.74, 6) is 2.68. The molecule has 0 bridgehead atoms. The van der Waals surface area contributed by atoms with E-state index in [0.29, 0.717) is 5.41 Å². The van der Waals surface area contributed by atoms with Crippen molar-refractivity contribution in [2.45, 2.75) is 46.5 Å². The molecular formula is C10H18. The minimum absolute atomic E-state index is 0.459. The molecule has 0 amide bonds. The van der Waals surface area contributed by atoms with Crippen molar-refractivity contribution in [2.24, 2.45) is 5.41 Å². The summed E-state index contributed by atoms with van der Waals surface area (Å²) >= 11 is 0. The van der Waals surface area contributed by atoms with Crippen molar-refractivity contribution in [3.05, 3.63) is 0 Å². The Balaban J connectivity index is 3.54. The lowest BCUT2D eigenvalue weighted by Gasteiger charge is -2.22. The summed E-state index contributed by atoms with van der Waals surface area (Å²) in [6.45, 7) is 6.79. The molecule has 0 aliphatic heterocycles. The molecule has 0 unspecified atom stereocenters. The van der Waals surface area contributed by atoms with E-state index in [4.69, 9.17) is 6.42 Å². The SMILES string of the molecule is C#CCCC(C)(C)CCC. The van der Waals surface area contributed by atoms with Crippen LogP contribution in [0.5, 0.6) is 0 Å². The van der Waals surface area contributed by atoms with Gasteiger partial charge in [-0.15, -0.1) is 12.3 Å². The third-order valence-corrected chi connectivity index (χ3v) is 1.87. The monoisotopic (exact) mass is 138 g/mol. The predicted molar refractivity (Wildman–Crippen MR) is 46.8 cm³/mol. The molecule has 0 aliphatic rings. The molecule has 0 radical (unpaired) electrons. The van der Waals surface area contributed by atoms with Crippen LogP contribution in [0.4, 0.5) is 0 Å². The first-order valence-electron chi connectivity index (χ1n) is 4.06. The standard InChI is InChI=1S/C10H18/c1-5-7-9-10(3,4)8-6-2/h1H,6-9H2,2-4H3. The van der Waals surface area contributed by atoms with Crippen LogP contribution in [0.1, 0.15) is 46.5 Å². The van der Waals surface area contributed by atoms with Gasteiger partial charge < -0.3 is 0 Å². The van der Waals surface area contributed by atoms with E-state index in [1.54, 1.807) is 0 Å². The summed E-state index contributed by atoms with van der Waals surface area (Å²) in [6, 6.07) is 0. The highest BCUT2D eigenvalue weighted by Crippen LogP contribution is 2.27. The fraction of sp³-hybridized carbons (Fsp3) is 0.800. The van der Waals surface area contributed by atoms with Gasteiger partial charge in [-0.3, -0.25) is 0 Å². The minimum atomic E-state index is 0.459. The van der Waals surface area contributed by atoms with Crippen LogP contribution in [-0.4, -0.2) is 0 Å². The zero-order valence-corrected chi connectivity index (χ0v) is 7.41. The number of terminal acetylenes is 1. The highest BCUT2D eigenvalue weighted by atomic mass is 14.2. The molecule has 0 spiro atoms. The Bertz CT molecular complexity index is 114. The lowest BCUT2D eigenvalue weighted by atomic mass is 9.84. The maximum atomic E-state index is 5.18. The van der Waals surface area contributed by atoms with E-state index in [9.17, 15) is 0 Å². The van der Waals surface area contributed by atoms with Gasteiger partial charge in [-0.2, -0.15) is 0 Å². The smallest absolute Gasteiger partial charge is 0.00911 e. The van der Waals surface area contributed by atoms with Crippen LogP contribution < -0.4 is 0 Å². The van der Waals surface area contributed by atoms with Gasteiger partial charge in [-0.05, 0) is 18.3 Å². The largest absolute Gasteiger partial charge is 0.120 e. The van der Waals surface area contributed by atoms with Gasteiger partial charge in [-0.1, -0.05) is 27.2 Å². The third kappa shape index (κ3) is 4.44. The van der Waals surface area contributed by atoms with Crippen LogP contribution in [0.15, 0.2) is 0 Å². The van der Waals surface area contributed by atoms with Crippen LogP contribution in [0.2, 0.25) is 0 Å². The summed E-state index contributed by atoms with van der Waals surface area (Å²) in [5, 5.41) is 0. The van der Waals surface area contributed by atoms with E-state index in [1.165, 1.54) is 12.8 Å². The molecule has 0 saturated heterocycles. The van der Waals surface area contributed by atoms with Crippen LogP contribution in [0.25, 0.3) is 0 Å². The highest BCUT2D eigenvalue weighted by Gasteiger charge is 2.14. The summed E-state index contributed by atoms with van der Waals surface area (Å²) < 4.78 is 0. The first-order chi connectivity index (χ1) is 4.62. The molecule has 0 fully saturated rings. The van der Waals surface area contributed by atoms with E-state index in [-0.39, 0.29) is 0 Å². The summed E-state index contributed by atoms with van der Waals surface area (Å²) in [6.07, 6.45) is 9.82. The van der Waals surface area contributed by atoms with Crippen molar-refractivity contribution in [1.29, 1.82) is 0 Å². The molecule has 0 aromatic rings. The van der Waals surface area contributed by atoms with Crippen molar-refractivity contribution in [2.75, 3.05) is 0 Å². The first-order valence-corrected chi connectivity index (χ1v) is 4.06. The van der Waals surface area contributed by atoms with Crippen molar-refractivity contribution >= 4 is 0 Å². The van der Waals surface area contributed by atoms with Crippen LogP contribution in [0.3, 0.4) is 0 Å². The molecule has 58 valence electrons. The van der Waals surface area contributed by atoms with E-state index >= 15 is 0 Å². The molecule has 0 nitrogen and oxygen atoms in total. The highest BCUT2D eigenvalue weighted by molar-refractivity contribution is 4.86. The van der Waals surface area contributed by atoms with Gasteiger partial charge in [0.15, 0.2) is 0 Å². The Morgan fingerprint density at radius 3 is 2.30 bits per heavy atom. The van der Waals surface area contributed by atoms with Gasteiger partial charge >= 0.3 is 0 Å². The normalized spacial score (nSPS) is 11.0.